The van der Waals surface area contributed by atoms with E-state index in [1.807, 2.05) is 42.2 Å². The van der Waals surface area contributed by atoms with Gasteiger partial charge >= 0.3 is 0 Å². The normalized spacial score (nSPS) is 21.8. The average Bonchev–Trinajstić information content (AvgIpc) is 3.20. The van der Waals surface area contributed by atoms with Gasteiger partial charge in [0.15, 0.2) is 0 Å². The molecule has 176 valence electrons. The summed E-state index contributed by atoms with van der Waals surface area (Å²) >= 11 is 0. The van der Waals surface area contributed by atoms with E-state index in [2.05, 4.69) is 11.0 Å². The van der Waals surface area contributed by atoms with Crippen molar-refractivity contribution in [2.24, 2.45) is 0 Å². The molecule has 3 aliphatic rings. The zero-order valence-electron chi connectivity index (χ0n) is 19.4. The minimum absolute atomic E-state index is 0.0406. The first kappa shape index (κ1) is 22.4. The number of sulfonamides is 1. The molecule has 0 radical (unpaired) electrons. The minimum atomic E-state index is -3.67. The molecule has 33 heavy (non-hydrogen) atoms. The maximum atomic E-state index is 13.8. The number of benzene rings is 2. The molecule has 0 aliphatic carbocycles. The first-order chi connectivity index (χ1) is 16.0. The molecule has 2 aromatic rings. The van der Waals surface area contributed by atoms with Gasteiger partial charge in [0, 0.05) is 43.5 Å². The lowest BCUT2D eigenvalue weighted by Gasteiger charge is -2.33. The van der Waals surface area contributed by atoms with Crippen molar-refractivity contribution in [3.05, 3.63) is 53.6 Å². The zero-order valence-corrected chi connectivity index (χ0v) is 20.2. The molecule has 2 saturated heterocycles. The van der Waals surface area contributed by atoms with E-state index in [-0.39, 0.29) is 16.8 Å². The molecule has 0 saturated carbocycles. The smallest absolute Gasteiger partial charge is 0.258 e. The number of nitrogens with zero attached hydrogens (tertiary/aromatic N) is 3. The van der Waals surface area contributed by atoms with Crippen molar-refractivity contribution in [1.82, 2.24) is 4.31 Å². The van der Waals surface area contributed by atoms with Crippen LogP contribution in [0.2, 0.25) is 0 Å². The maximum absolute atomic E-state index is 13.8. The van der Waals surface area contributed by atoms with Crippen LogP contribution in [0.3, 0.4) is 0 Å². The lowest BCUT2D eigenvalue weighted by atomic mass is 10.1. The Hall–Kier alpha value is -2.38. The summed E-state index contributed by atoms with van der Waals surface area (Å²) in [5.41, 5.74) is 3.27. The Bertz CT molecular complexity index is 1140. The molecular formula is C26H33N3O3S. The van der Waals surface area contributed by atoms with E-state index in [1.165, 1.54) is 6.42 Å². The summed E-state index contributed by atoms with van der Waals surface area (Å²) in [6.45, 7) is 4.86. The van der Waals surface area contributed by atoms with E-state index in [0.29, 0.717) is 18.7 Å². The Balaban J connectivity index is 1.56. The lowest BCUT2D eigenvalue weighted by molar-refractivity contribution is 0.0981. The summed E-state index contributed by atoms with van der Waals surface area (Å²) in [5, 5.41) is 0. The van der Waals surface area contributed by atoms with E-state index in [9.17, 15) is 13.2 Å². The van der Waals surface area contributed by atoms with Crippen LogP contribution in [0.15, 0.2) is 47.4 Å². The molecule has 1 atom stereocenters. The summed E-state index contributed by atoms with van der Waals surface area (Å²) in [6.07, 6.45) is 6.95. The molecule has 1 amide bonds. The number of amides is 1. The fourth-order valence-electron chi connectivity index (χ4n) is 5.51. The highest BCUT2D eigenvalue weighted by Gasteiger charge is 2.34. The van der Waals surface area contributed by atoms with Crippen LogP contribution in [-0.2, 0) is 16.4 Å². The van der Waals surface area contributed by atoms with Crippen LogP contribution in [0.4, 0.5) is 11.4 Å². The Morgan fingerprint density at radius 1 is 0.848 bits per heavy atom. The van der Waals surface area contributed by atoms with Crippen LogP contribution in [0, 0.1) is 0 Å². The number of hydrogen-bond donors (Lipinski definition) is 0. The van der Waals surface area contributed by atoms with E-state index in [4.69, 9.17) is 0 Å². The van der Waals surface area contributed by atoms with Gasteiger partial charge < -0.3 is 9.80 Å². The van der Waals surface area contributed by atoms with Crippen molar-refractivity contribution in [3.8, 4) is 0 Å². The number of carbonyl (C=O) groups excluding carboxylic acids is 1. The molecule has 7 heteroatoms. The van der Waals surface area contributed by atoms with Crippen LogP contribution in [0.1, 0.15) is 61.4 Å². The summed E-state index contributed by atoms with van der Waals surface area (Å²) < 4.78 is 29.2. The molecule has 1 unspecified atom stereocenters. The largest absolute Gasteiger partial charge is 0.370 e. The quantitative estimate of drug-likeness (QED) is 0.667. The molecular weight excluding hydrogens is 434 g/mol. The number of para-hydroxylation sites is 1. The number of hydrogen-bond acceptors (Lipinski definition) is 4. The second kappa shape index (κ2) is 9.11. The van der Waals surface area contributed by atoms with E-state index in [0.717, 1.165) is 68.6 Å². The molecule has 0 spiro atoms. The highest BCUT2D eigenvalue weighted by Crippen LogP contribution is 2.36. The molecule has 6 nitrogen and oxygen atoms in total. The third-order valence-corrected chi connectivity index (χ3v) is 9.19. The van der Waals surface area contributed by atoms with Gasteiger partial charge in [0.25, 0.3) is 5.91 Å². The number of anilines is 2. The molecule has 2 fully saturated rings. The Labute approximate surface area is 197 Å². The molecule has 0 bridgehead atoms. The highest BCUT2D eigenvalue weighted by molar-refractivity contribution is 7.89. The molecule has 2 aromatic carbocycles. The number of carbonyl (C=O) groups is 1. The fourth-order valence-corrected chi connectivity index (χ4v) is 7.26. The van der Waals surface area contributed by atoms with E-state index >= 15 is 0 Å². The summed E-state index contributed by atoms with van der Waals surface area (Å²) in [6, 6.07) is 13.3. The highest BCUT2D eigenvalue weighted by atomic mass is 32.2. The number of fused-ring (bicyclic) bond motifs is 1. The molecule has 3 aliphatic heterocycles. The second-order valence-corrected chi connectivity index (χ2v) is 11.5. The van der Waals surface area contributed by atoms with Crippen LogP contribution >= 0.6 is 0 Å². The maximum Gasteiger partial charge on any atom is 0.258 e. The van der Waals surface area contributed by atoms with Gasteiger partial charge in [-0.3, -0.25) is 4.79 Å². The van der Waals surface area contributed by atoms with Gasteiger partial charge in [-0.1, -0.05) is 24.6 Å². The fraction of sp³-hybridized carbons (Fsp3) is 0.500. The Morgan fingerprint density at radius 3 is 2.24 bits per heavy atom. The Kier molecular flexibility index (Phi) is 6.18. The molecule has 0 N–H and O–H groups in total. The Morgan fingerprint density at radius 2 is 1.52 bits per heavy atom. The summed E-state index contributed by atoms with van der Waals surface area (Å²) in [7, 11) is -3.67. The van der Waals surface area contributed by atoms with Gasteiger partial charge in [0.1, 0.15) is 4.90 Å². The van der Waals surface area contributed by atoms with E-state index in [1.54, 1.807) is 10.4 Å². The topological polar surface area (TPSA) is 60.9 Å². The van der Waals surface area contributed by atoms with Gasteiger partial charge in [-0.2, -0.15) is 4.31 Å². The van der Waals surface area contributed by atoms with Crippen molar-refractivity contribution in [1.29, 1.82) is 0 Å². The number of rotatable bonds is 4. The van der Waals surface area contributed by atoms with Crippen molar-refractivity contribution >= 4 is 27.3 Å². The molecule has 0 aromatic heterocycles. The van der Waals surface area contributed by atoms with Gasteiger partial charge in [0.05, 0.1) is 5.69 Å². The summed E-state index contributed by atoms with van der Waals surface area (Å²) in [5.74, 6) is -0.132. The predicted octanol–water partition coefficient (Wildman–Crippen LogP) is 4.44. The van der Waals surface area contributed by atoms with Crippen LogP contribution in [0.5, 0.6) is 0 Å². The third kappa shape index (κ3) is 4.17. The van der Waals surface area contributed by atoms with Crippen molar-refractivity contribution < 1.29 is 13.2 Å². The van der Waals surface area contributed by atoms with Crippen LogP contribution in [0.25, 0.3) is 0 Å². The van der Waals surface area contributed by atoms with Crippen LogP contribution < -0.4 is 9.80 Å². The third-order valence-electron chi connectivity index (χ3n) is 7.26. The lowest BCUT2D eigenvalue weighted by Crippen LogP contribution is -2.38. The van der Waals surface area contributed by atoms with Crippen molar-refractivity contribution in [3.63, 3.8) is 0 Å². The minimum Gasteiger partial charge on any atom is -0.370 e. The monoisotopic (exact) mass is 467 g/mol. The van der Waals surface area contributed by atoms with E-state index < -0.39 is 10.0 Å². The predicted molar refractivity (Wildman–Crippen MR) is 132 cm³/mol. The first-order valence-corrected chi connectivity index (χ1v) is 13.7. The van der Waals surface area contributed by atoms with Crippen molar-refractivity contribution in [2.75, 3.05) is 36.0 Å². The van der Waals surface area contributed by atoms with Gasteiger partial charge in [0.2, 0.25) is 10.0 Å². The average molecular weight is 468 g/mol. The standard InChI is InChI=1S/C26H33N3O3S/c1-20-18-21-10-4-5-11-23(21)29(20)26(30)22-12-13-24(27-14-6-2-7-15-27)25(19-22)33(31,32)28-16-8-3-9-17-28/h4-5,10-13,19-20H,2-3,6-9,14-18H2,1H3. The first-order valence-electron chi connectivity index (χ1n) is 12.3. The molecule has 5 rings (SSSR count). The van der Waals surface area contributed by atoms with Crippen LogP contribution in [-0.4, -0.2) is 50.9 Å². The van der Waals surface area contributed by atoms with Gasteiger partial charge in [-0.05, 0) is 75.3 Å². The SMILES string of the molecule is CC1Cc2ccccc2N1C(=O)c1ccc(N2CCCCC2)c(S(=O)(=O)N2CCCCC2)c1. The van der Waals surface area contributed by atoms with Gasteiger partial charge in [-0.15, -0.1) is 0 Å². The van der Waals surface area contributed by atoms with Crippen molar-refractivity contribution in [2.45, 2.75) is 62.8 Å². The zero-order chi connectivity index (χ0) is 23.0. The summed E-state index contributed by atoms with van der Waals surface area (Å²) in [4.78, 5) is 18.0. The van der Waals surface area contributed by atoms with Gasteiger partial charge in [-0.25, -0.2) is 8.42 Å². The number of piperidine rings is 2. The second-order valence-electron chi connectivity index (χ2n) is 9.55. The molecule has 3 heterocycles.